The Morgan fingerprint density at radius 2 is 1.90 bits per heavy atom. The number of carbonyl (C=O) groups excluding carboxylic acids is 1. The lowest BCUT2D eigenvalue weighted by molar-refractivity contribution is 0.112. The zero-order valence-electron chi connectivity index (χ0n) is 10.5. The second-order valence-corrected chi connectivity index (χ2v) is 5.40. The van der Waals surface area contributed by atoms with Crippen molar-refractivity contribution in [2.45, 2.75) is 6.54 Å². The quantitative estimate of drug-likeness (QED) is 0.636. The minimum Gasteiger partial charge on any atom is -0.343 e. The zero-order valence-corrected chi connectivity index (χ0v) is 12.0. The van der Waals surface area contributed by atoms with Gasteiger partial charge >= 0.3 is 0 Å². The van der Waals surface area contributed by atoms with Gasteiger partial charge in [-0.25, -0.2) is 0 Å². The number of aromatic nitrogens is 1. The Hall–Kier alpha value is -1.77. The number of nitrogens with zero attached hydrogens (tertiary/aromatic N) is 1. The number of halogens is 2. The molecule has 3 rings (SSSR count). The molecule has 0 unspecified atom stereocenters. The molecule has 100 valence electrons. The van der Waals surface area contributed by atoms with Crippen LogP contribution in [0.25, 0.3) is 10.9 Å². The molecule has 0 amide bonds. The maximum Gasteiger partial charge on any atom is 0.150 e. The number of benzene rings is 2. The Morgan fingerprint density at radius 3 is 2.65 bits per heavy atom. The molecular weight excluding hydrogens is 293 g/mol. The van der Waals surface area contributed by atoms with Crippen LogP contribution in [0.4, 0.5) is 0 Å². The molecule has 4 heteroatoms. The van der Waals surface area contributed by atoms with E-state index in [1.54, 1.807) is 6.07 Å². The molecule has 0 N–H and O–H groups in total. The molecule has 3 aromatic rings. The van der Waals surface area contributed by atoms with E-state index < -0.39 is 0 Å². The minimum absolute atomic E-state index is 0.550. The molecule has 1 heterocycles. The van der Waals surface area contributed by atoms with Crippen molar-refractivity contribution >= 4 is 40.4 Å². The van der Waals surface area contributed by atoms with Crippen molar-refractivity contribution in [1.82, 2.24) is 4.57 Å². The Bertz CT molecular complexity index is 792. The number of rotatable bonds is 3. The van der Waals surface area contributed by atoms with Gasteiger partial charge in [0.25, 0.3) is 0 Å². The third-order valence-electron chi connectivity index (χ3n) is 3.31. The molecule has 20 heavy (non-hydrogen) atoms. The summed E-state index contributed by atoms with van der Waals surface area (Å²) in [5.74, 6) is 0. The second kappa shape index (κ2) is 5.31. The molecule has 0 atom stereocenters. The molecule has 0 fully saturated rings. The summed E-state index contributed by atoms with van der Waals surface area (Å²) >= 11 is 12.0. The number of carbonyl (C=O) groups is 1. The van der Waals surface area contributed by atoms with E-state index in [0.29, 0.717) is 22.2 Å². The molecule has 0 aliphatic carbocycles. The van der Waals surface area contributed by atoms with Gasteiger partial charge in [0.15, 0.2) is 6.29 Å². The predicted octanol–water partition coefficient (Wildman–Crippen LogP) is 4.81. The van der Waals surface area contributed by atoms with Gasteiger partial charge < -0.3 is 4.57 Å². The van der Waals surface area contributed by atoms with Crippen LogP contribution in [0, 0.1) is 0 Å². The average Bonchev–Trinajstić information content (AvgIpc) is 2.86. The number of aldehydes is 1. The van der Waals surface area contributed by atoms with Gasteiger partial charge in [-0.3, -0.25) is 4.79 Å². The Balaban J connectivity index is 2.02. The van der Waals surface area contributed by atoms with Crippen molar-refractivity contribution in [2.75, 3.05) is 0 Å². The smallest absolute Gasteiger partial charge is 0.150 e. The molecule has 0 bridgehead atoms. The van der Waals surface area contributed by atoms with Crippen LogP contribution >= 0.6 is 23.2 Å². The van der Waals surface area contributed by atoms with E-state index in [4.69, 9.17) is 23.2 Å². The summed E-state index contributed by atoms with van der Waals surface area (Å²) in [7, 11) is 0. The van der Waals surface area contributed by atoms with E-state index >= 15 is 0 Å². The summed E-state index contributed by atoms with van der Waals surface area (Å²) in [6.07, 6.45) is 2.85. The molecule has 1 aromatic heterocycles. The Kier molecular flexibility index (Phi) is 3.51. The van der Waals surface area contributed by atoms with Crippen molar-refractivity contribution in [3.63, 3.8) is 0 Å². The van der Waals surface area contributed by atoms with E-state index in [2.05, 4.69) is 4.57 Å². The normalized spacial score (nSPS) is 10.9. The van der Waals surface area contributed by atoms with Crippen molar-refractivity contribution in [3.8, 4) is 0 Å². The topological polar surface area (TPSA) is 22.0 Å². The fraction of sp³-hybridized carbons (Fsp3) is 0.0625. The third-order valence-corrected chi connectivity index (χ3v) is 4.05. The summed E-state index contributed by atoms with van der Waals surface area (Å²) < 4.78 is 2.09. The first-order valence-electron chi connectivity index (χ1n) is 6.16. The fourth-order valence-electron chi connectivity index (χ4n) is 2.32. The Morgan fingerprint density at radius 1 is 1.05 bits per heavy atom. The van der Waals surface area contributed by atoms with E-state index in [9.17, 15) is 4.79 Å². The van der Waals surface area contributed by atoms with E-state index in [1.165, 1.54) is 0 Å². The standard InChI is InChI=1S/C16H11Cl2NO/c17-14-5-4-11(8-15(14)18)9-19-7-6-13-12(10-20)2-1-3-16(13)19/h1-8,10H,9H2. The highest BCUT2D eigenvalue weighted by atomic mass is 35.5. The molecule has 0 aliphatic rings. The van der Waals surface area contributed by atoms with Gasteiger partial charge in [0.05, 0.1) is 10.0 Å². The summed E-state index contributed by atoms with van der Waals surface area (Å²) in [5.41, 5.74) is 2.80. The molecule has 2 aromatic carbocycles. The summed E-state index contributed by atoms with van der Waals surface area (Å²) in [4.78, 5) is 11.0. The van der Waals surface area contributed by atoms with Crippen LogP contribution in [0.5, 0.6) is 0 Å². The van der Waals surface area contributed by atoms with Crippen molar-refractivity contribution in [3.05, 3.63) is 69.8 Å². The lowest BCUT2D eigenvalue weighted by Gasteiger charge is -2.07. The van der Waals surface area contributed by atoms with E-state index in [0.717, 1.165) is 22.8 Å². The average molecular weight is 304 g/mol. The van der Waals surface area contributed by atoms with Crippen LogP contribution in [0.2, 0.25) is 10.0 Å². The van der Waals surface area contributed by atoms with Gasteiger partial charge in [0.2, 0.25) is 0 Å². The molecule has 0 aliphatic heterocycles. The van der Waals surface area contributed by atoms with Gasteiger partial charge in [-0.05, 0) is 29.8 Å². The highest BCUT2D eigenvalue weighted by molar-refractivity contribution is 6.42. The van der Waals surface area contributed by atoms with Crippen molar-refractivity contribution < 1.29 is 4.79 Å². The van der Waals surface area contributed by atoms with Crippen LogP contribution in [0.15, 0.2) is 48.7 Å². The van der Waals surface area contributed by atoms with Gasteiger partial charge in [-0.1, -0.05) is 41.4 Å². The first kappa shape index (κ1) is 13.2. The summed E-state index contributed by atoms with van der Waals surface area (Å²) in [6, 6.07) is 13.3. The lowest BCUT2D eigenvalue weighted by atomic mass is 10.1. The van der Waals surface area contributed by atoms with Crippen LogP contribution < -0.4 is 0 Å². The monoisotopic (exact) mass is 303 g/mol. The molecule has 0 spiro atoms. The highest BCUT2D eigenvalue weighted by Crippen LogP contribution is 2.25. The molecular formula is C16H11Cl2NO. The maximum absolute atomic E-state index is 11.0. The minimum atomic E-state index is 0.550. The first-order chi connectivity index (χ1) is 9.69. The van der Waals surface area contributed by atoms with Gasteiger partial charge in [0.1, 0.15) is 0 Å². The van der Waals surface area contributed by atoms with Crippen molar-refractivity contribution in [2.24, 2.45) is 0 Å². The summed E-state index contributed by atoms with van der Waals surface area (Å²) in [5, 5.41) is 2.06. The van der Waals surface area contributed by atoms with Gasteiger partial charge in [-0.2, -0.15) is 0 Å². The predicted molar refractivity (Wildman–Crippen MR) is 82.9 cm³/mol. The van der Waals surface area contributed by atoms with Crippen LogP contribution in [-0.4, -0.2) is 10.9 Å². The van der Waals surface area contributed by atoms with Crippen molar-refractivity contribution in [1.29, 1.82) is 0 Å². The number of hydrogen-bond acceptors (Lipinski definition) is 1. The first-order valence-corrected chi connectivity index (χ1v) is 6.91. The van der Waals surface area contributed by atoms with E-state index in [-0.39, 0.29) is 0 Å². The number of fused-ring (bicyclic) bond motifs is 1. The van der Waals surface area contributed by atoms with Crippen LogP contribution in [-0.2, 0) is 6.54 Å². The zero-order chi connectivity index (χ0) is 14.1. The molecule has 2 nitrogen and oxygen atoms in total. The SMILES string of the molecule is O=Cc1cccc2c1ccn2Cc1ccc(Cl)c(Cl)c1. The van der Waals surface area contributed by atoms with Crippen LogP contribution in [0.1, 0.15) is 15.9 Å². The lowest BCUT2D eigenvalue weighted by Crippen LogP contribution is -1.98. The number of hydrogen-bond donors (Lipinski definition) is 0. The van der Waals surface area contributed by atoms with Crippen LogP contribution in [0.3, 0.4) is 0 Å². The van der Waals surface area contributed by atoms with Gasteiger partial charge in [0, 0.05) is 29.2 Å². The van der Waals surface area contributed by atoms with E-state index in [1.807, 2.05) is 42.6 Å². The van der Waals surface area contributed by atoms with Gasteiger partial charge in [-0.15, -0.1) is 0 Å². The molecule has 0 radical (unpaired) electrons. The highest BCUT2D eigenvalue weighted by Gasteiger charge is 2.06. The molecule has 0 saturated heterocycles. The fourth-order valence-corrected chi connectivity index (χ4v) is 2.64. The largest absolute Gasteiger partial charge is 0.343 e. The Labute approximate surface area is 126 Å². The third kappa shape index (κ3) is 2.33. The summed E-state index contributed by atoms with van der Waals surface area (Å²) in [6.45, 7) is 0.683. The second-order valence-electron chi connectivity index (χ2n) is 4.59. The maximum atomic E-state index is 11.0. The molecule has 0 saturated carbocycles.